The second-order valence-electron chi connectivity index (χ2n) is 7.80. The number of nitrogens with zero attached hydrogens (tertiary/aromatic N) is 1. The molecule has 1 fully saturated rings. The molecule has 182 valence electrons. The van der Waals surface area contributed by atoms with Gasteiger partial charge in [0.25, 0.3) is 5.91 Å². The molecule has 3 aromatic carbocycles. The monoisotopic (exact) mass is 482 g/mol. The van der Waals surface area contributed by atoms with Crippen LogP contribution < -0.4 is 24.4 Å². The summed E-state index contributed by atoms with van der Waals surface area (Å²) in [5.74, 6) is 0.752. The first kappa shape index (κ1) is 24.0. The Bertz CT molecular complexity index is 1180. The van der Waals surface area contributed by atoms with Crippen molar-refractivity contribution in [3.8, 4) is 28.4 Å². The zero-order valence-electron chi connectivity index (χ0n) is 19.0. The Balaban J connectivity index is 1.41. The molecule has 0 bridgehead atoms. The van der Waals surface area contributed by atoms with Crippen molar-refractivity contribution in [1.29, 1.82) is 0 Å². The van der Waals surface area contributed by atoms with Crippen molar-refractivity contribution in [2.24, 2.45) is 0 Å². The summed E-state index contributed by atoms with van der Waals surface area (Å²) in [5.41, 5.74) is 2.19. The lowest BCUT2D eigenvalue weighted by Crippen LogP contribution is -2.23. The highest BCUT2D eigenvalue weighted by Crippen LogP contribution is 2.34. The van der Waals surface area contributed by atoms with E-state index in [1.165, 1.54) is 19.2 Å². The normalized spacial score (nSPS) is 13.1. The van der Waals surface area contributed by atoms with Gasteiger partial charge in [-0.05, 0) is 66.6 Å². The number of hydrogen-bond acceptors (Lipinski definition) is 5. The van der Waals surface area contributed by atoms with E-state index < -0.39 is 12.5 Å². The lowest BCUT2D eigenvalue weighted by Gasteiger charge is -2.16. The van der Waals surface area contributed by atoms with Gasteiger partial charge in [-0.3, -0.25) is 9.59 Å². The van der Waals surface area contributed by atoms with Crippen LogP contribution in [0.15, 0.2) is 66.7 Å². The van der Waals surface area contributed by atoms with Crippen molar-refractivity contribution in [3.63, 3.8) is 0 Å². The Kier molecular flexibility index (Phi) is 7.45. The Morgan fingerprint density at radius 1 is 1.03 bits per heavy atom. The van der Waals surface area contributed by atoms with Crippen LogP contribution in [0.2, 0.25) is 0 Å². The van der Waals surface area contributed by atoms with Crippen molar-refractivity contribution < 1.29 is 32.6 Å². The predicted octanol–water partition coefficient (Wildman–Crippen LogP) is 5.11. The predicted molar refractivity (Wildman–Crippen MR) is 127 cm³/mol. The number of alkyl halides is 2. The number of halogens is 2. The number of hydrogen-bond donors (Lipinski definition) is 1. The fourth-order valence-corrected chi connectivity index (χ4v) is 3.79. The number of anilines is 2. The molecule has 4 rings (SSSR count). The van der Waals surface area contributed by atoms with Crippen molar-refractivity contribution in [1.82, 2.24) is 0 Å². The molecule has 0 radical (unpaired) electrons. The van der Waals surface area contributed by atoms with Crippen LogP contribution in [0.4, 0.5) is 20.2 Å². The number of carbonyl (C=O) groups excluding carboxylic acids is 2. The molecule has 1 N–H and O–H groups in total. The minimum Gasteiger partial charge on any atom is -0.497 e. The number of methoxy groups -OCH3 is 1. The number of rotatable bonds is 9. The van der Waals surface area contributed by atoms with Crippen LogP contribution in [0.3, 0.4) is 0 Å². The maximum absolute atomic E-state index is 12.9. The van der Waals surface area contributed by atoms with E-state index in [0.29, 0.717) is 41.3 Å². The van der Waals surface area contributed by atoms with E-state index in [4.69, 9.17) is 9.47 Å². The number of amides is 2. The average molecular weight is 482 g/mol. The highest BCUT2D eigenvalue weighted by Gasteiger charge is 2.21. The second kappa shape index (κ2) is 10.9. The Hall–Kier alpha value is -4.14. The average Bonchev–Trinajstić information content (AvgIpc) is 3.29. The summed E-state index contributed by atoms with van der Waals surface area (Å²) in [7, 11) is 1.53. The first-order valence-corrected chi connectivity index (χ1v) is 11.0. The van der Waals surface area contributed by atoms with Crippen LogP contribution >= 0.6 is 0 Å². The van der Waals surface area contributed by atoms with E-state index in [1.807, 2.05) is 0 Å². The van der Waals surface area contributed by atoms with E-state index in [9.17, 15) is 18.4 Å². The largest absolute Gasteiger partial charge is 0.497 e. The van der Waals surface area contributed by atoms with Gasteiger partial charge in [-0.1, -0.05) is 12.1 Å². The highest BCUT2D eigenvalue weighted by atomic mass is 19.3. The fraction of sp³-hybridized carbons (Fsp3) is 0.231. The number of benzene rings is 3. The molecule has 1 aliphatic rings. The fourth-order valence-electron chi connectivity index (χ4n) is 3.79. The van der Waals surface area contributed by atoms with Gasteiger partial charge in [-0.25, -0.2) is 0 Å². The van der Waals surface area contributed by atoms with Crippen LogP contribution in [0.25, 0.3) is 11.1 Å². The summed E-state index contributed by atoms with van der Waals surface area (Å²) >= 11 is 0. The van der Waals surface area contributed by atoms with Crippen LogP contribution in [0.1, 0.15) is 12.8 Å². The first-order valence-electron chi connectivity index (χ1n) is 11.0. The van der Waals surface area contributed by atoms with Gasteiger partial charge in [0.15, 0.2) is 6.61 Å². The summed E-state index contributed by atoms with van der Waals surface area (Å²) in [5, 5.41) is 2.70. The van der Waals surface area contributed by atoms with Crippen LogP contribution in [-0.4, -0.2) is 38.7 Å². The van der Waals surface area contributed by atoms with Crippen molar-refractivity contribution in [2.75, 3.05) is 30.5 Å². The number of ether oxygens (including phenoxy) is 3. The zero-order valence-corrected chi connectivity index (χ0v) is 19.0. The molecule has 1 heterocycles. The second-order valence-corrected chi connectivity index (χ2v) is 7.80. The third-order valence-electron chi connectivity index (χ3n) is 5.47. The van der Waals surface area contributed by atoms with E-state index in [-0.39, 0.29) is 18.3 Å². The van der Waals surface area contributed by atoms with Crippen LogP contribution in [-0.2, 0) is 9.59 Å². The molecular weight excluding hydrogens is 458 g/mol. The minimum atomic E-state index is -2.99. The lowest BCUT2D eigenvalue weighted by atomic mass is 10.0. The molecular formula is C26H24F2N2O5. The van der Waals surface area contributed by atoms with Gasteiger partial charge in [0.05, 0.1) is 7.11 Å². The van der Waals surface area contributed by atoms with Crippen LogP contribution in [0.5, 0.6) is 17.2 Å². The standard InChI is InChI=1S/C26H24F2N2O5/c1-33-20-9-4-17(5-10-20)22-15-18(6-13-23(22)35-26(27)28)29-24(31)16-34-21-11-7-19(8-12-21)30-14-2-3-25(30)32/h4-13,15,26H,2-3,14,16H2,1H3,(H,29,31). The highest BCUT2D eigenvalue weighted by molar-refractivity contribution is 5.95. The van der Waals surface area contributed by atoms with Crippen molar-refractivity contribution >= 4 is 23.2 Å². The first-order chi connectivity index (χ1) is 16.9. The Morgan fingerprint density at radius 3 is 2.37 bits per heavy atom. The maximum atomic E-state index is 12.9. The minimum absolute atomic E-state index is 0.0176. The molecule has 3 aromatic rings. The van der Waals surface area contributed by atoms with Crippen LogP contribution in [0, 0.1) is 0 Å². The quantitative estimate of drug-likeness (QED) is 0.459. The summed E-state index contributed by atoms with van der Waals surface area (Å²) in [6.07, 6.45) is 1.39. The molecule has 2 amide bonds. The topological polar surface area (TPSA) is 77.1 Å². The maximum Gasteiger partial charge on any atom is 0.387 e. The van der Waals surface area contributed by atoms with E-state index in [1.54, 1.807) is 59.5 Å². The lowest BCUT2D eigenvalue weighted by molar-refractivity contribution is -0.118. The van der Waals surface area contributed by atoms with Gasteiger partial charge in [-0.2, -0.15) is 8.78 Å². The zero-order chi connectivity index (χ0) is 24.8. The van der Waals surface area contributed by atoms with E-state index in [2.05, 4.69) is 10.1 Å². The molecule has 0 atom stereocenters. The van der Waals surface area contributed by atoms with Gasteiger partial charge in [0, 0.05) is 29.9 Å². The summed E-state index contributed by atoms with van der Waals surface area (Å²) in [6, 6.07) is 18.2. The molecule has 1 aliphatic heterocycles. The molecule has 0 spiro atoms. The van der Waals surface area contributed by atoms with Gasteiger partial charge in [-0.15, -0.1) is 0 Å². The number of carbonyl (C=O) groups is 2. The number of nitrogens with one attached hydrogen (secondary N) is 1. The third-order valence-corrected chi connectivity index (χ3v) is 5.47. The Labute approximate surface area is 201 Å². The van der Waals surface area contributed by atoms with Crippen molar-refractivity contribution in [3.05, 3.63) is 66.7 Å². The van der Waals surface area contributed by atoms with Gasteiger partial charge in [0.2, 0.25) is 5.91 Å². The van der Waals surface area contributed by atoms with E-state index in [0.717, 1.165) is 12.1 Å². The molecule has 7 nitrogen and oxygen atoms in total. The third kappa shape index (κ3) is 6.06. The molecule has 35 heavy (non-hydrogen) atoms. The van der Waals surface area contributed by atoms with Gasteiger partial charge in [0.1, 0.15) is 17.2 Å². The van der Waals surface area contributed by atoms with Gasteiger partial charge >= 0.3 is 6.61 Å². The summed E-state index contributed by atoms with van der Waals surface area (Å²) < 4.78 is 41.1. The molecule has 1 saturated heterocycles. The molecule has 9 heteroatoms. The Morgan fingerprint density at radius 2 is 1.74 bits per heavy atom. The summed E-state index contributed by atoms with van der Waals surface area (Å²) in [4.78, 5) is 26.0. The van der Waals surface area contributed by atoms with E-state index >= 15 is 0 Å². The summed E-state index contributed by atoms with van der Waals surface area (Å²) in [6.45, 7) is -2.55. The molecule has 0 saturated carbocycles. The molecule has 0 aliphatic carbocycles. The smallest absolute Gasteiger partial charge is 0.387 e. The molecule has 0 unspecified atom stereocenters. The molecule has 0 aromatic heterocycles. The SMILES string of the molecule is COc1ccc(-c2cc(NC(=O)COc3ccc(N4CCCC4=O)cc3)ccc2OC(F)F)cc1. The van der Waals surface area contributed by atoms with Crippen molar-refractivity contribution in [2.45, 2.75) is 19.5 Å². The van der Waals surface area contributed by atoms with Gasteiger partial charge < -0.3 is 24.4 Å².